The van der Waals surface area contributed by atoms with Crippen molar-refractivity contribution in [2.75, 3.05) is 25.1 Å². The van der Waals surface area contributed by atoms with Crippen molar-refractivity contribution in [1.82, 2.24) is 4.98 Å². The van der Waals surface area contributed by atoms with Gasteiger partial charge in [0.25, 0.3) is 6.01 Å². The zero-order chi connectivity index (χ0) is 11.4. The molecule has 0 amide bonds. The molecular weight excluding hydrogens is 208 g/mol. The van der Waals surface area contributed by atoms with Gasteiger partial charge in [-0.1, -0.05) is 0 Å². The lowest BCUT2D eigenvalue weighted by Gasteiger charge is -2.26. The monoisotopic (exact) mass is 226 g/mol. The molecule has 1 aliphatic heterocycles. The van der Waals surface area contributed by atoms with Crippen LogP contribution in [-0.4, -0.2) is 36.4 Å². The van der Waals surface area contributed by atoms with E-state index < -0.39 is 0 Å². The molecule has 16 heavy (non-hydrogen) atoms. The summed E-state index contributed by atoms with van der Waals surface area (Å²) >= 11 is 0. The first-order valence-electron chi connectivity index (χ1n) is 5.67. The fraction of sp³-hybridized carbons (Fsp3) is 0.727. The maximum atomic E-state index is 8.89. The molecule has 1 N–H and O–H groups in total. The Kier molecular flexibility index (Phi) is 3.79. The highest BCUT2D eigenvalue weighted by atomic mass is 16.5. The Balaban J connectivity index is 1.88. The van der Waals surface area contributed by atoms with Crippen LogP contribution >= 0.6 is 0 Å². The summed E-state index contributed by atoms with van der Waals surface area (Å²) in [4.78, 5) is 6.07. The SMILES string of the molecule is CN(CC1CCCCO1)c1nc(CO)co1. The predicted octanol–water partition coefficient (Wildman–Crippen LogP) is 1.17. The number of hydrogen-bond acceptors (Lipinski definition) is 5. The normalized spacial score (nSPS) is 21.0. The Morgan fingerprint density at radius 1 is 1.56 bits per heavy atom. The van der Waals surface area contributed by atoms with Crippen molar-refractivity contribution >= 4 is 6.01 Å². The second kappa shape index (κ2) is 5.32. The molecule has 0 spiro atoms. The van der Waals surface area contributed by atoms with Crippen LogP contribution < -0.4 is 4.90 Å². The van der Waals surface area contributed by atoms with Crippen molar-refractivity contribution in [2.45, 2.75) is 32.0 Å². The van der Waals surface area contributed by atoms with Gasteiger partial charge in [0.2, 0.25) is 0 Å². The van der Waals surface area contributed by atoms with E-state index in [-0.39, 0.29) is 12.7 Å². The lowest BCUT2D eigenvalue weighted by molar-refractivity contribution is 0.0211. The van der Waals surface area contributed by atoms with Crippen molar-refractivity contribution in [1.29, 1.82) is 0 Å². The van der Waals surface area contributed by atoms with E-state index in [1.165, 1.54) is 12.7 Å². The van der Waals surface area contributed by atoms with Gasteiger partial charge in [-0.2, -0.15) is 4.98 Å². The molecule has 0 bridgehead atoms. The Labute approximate surface area is 95.0 Å². The average molecular weight is 226 g/mol. The van der Waals surface area contributed by atoms with E-state index in [2.05, 4.69) is 4.98 Å². The van der Waals surface area contributed by atoms with Crippen molar-refractivity contribution in [3.05, 3.63) is 12.0 Å². The number of oxazole rings is 1. The van der Waals surface area contributed by atoms with E-state index in [0.717, 1.165) is 26.0 Å². The molecule has 0 saturated carbocycles. The molecule has 2 heterocycles. The van der Waals surface area contributed by atoms with E-state index in [1.54, 1.807) is 0 Å². The average Bonchev–Trinajstić information content (AvgIpc) is 2.79. The maximum absolute atomic E-state index is 8.89. The minimum Gasteiger partial charge on any atom is -0.432 e. The van der Waals surface area contributed by atoms with E-state index in [4.69, 9.17) is 14.3 Å². The van der Waals surface area contributed by atoms with Crippen molar-refractivity contribution in [3.8, 4) is 0 Å². The lowest BCUT2D eigenvalue weighted by atomic mass is 10.1. The van der Waals surface area contributed by atoms with E-state index >= 15 is 0 Å². The number of aromatic nitrogens is 1. The summed E-state index contributed by atoms with van der Waals surface area (Å²) in [6, 6.07) is 0.540. The smallest absolute Gasteiger partial charge is 0.297 e. The largest absolute Gasteiger partial charge is 0.432 e. The third-order valence-corrected chi connectivity index (χ3v) is 2.78. The van der Waals surface area contributed by atoms with Gasteiger partial charge in [-0.3, -0.25) is 0 Å². The third-order valence-electron chi connectivity index (χ3n) is 2.78. The zero-order valence-corrected chi connectivity index (χ0v) is 9.56. The summed E-state index contributed by atoms with van der Waals surface area (Å²) in [5, 5.41) is 8.89. The summed E-state index contributed by atoms with van der Waals surface area (Å²) in [6.45, 7) is 1.55. The van der Waals surface area contributed by atoms with Crippen LogP contribution in [0.2, 0.25) is 0 Å². The lowest BCUT2D eigenvalue weighted by Crippen LogP contribution is -2.33. The predicted molar refractivity (Wildman–Crippen MR) is 59.3 cm³/mol. The van der Waals surface area contributed by atoms with Crippen molar-refractivity contribution in [2.24, 2.45) is 0 Å². The molecule has 1 saturated heterocycles. The second-order valence-corrected chi connectivity index (χ2v) is 4.15. The molecule has 1 atom stereocenters. The Morgan fingerprint density at radius 2 is 2.44 bits per heavy atom. The summed E-state index contributed by atoms with van der Waals surface area (Å²) in [5.41, 5.74) is 0.561. The molecule has 1 unspecified atom stereocenters. The molecule has 1 aromatic heterocycles. The molecule has 2 rings (SSSR count). The van der Waals surface area contributed by atoms with Gasteiger partial charge in [0.05, 0.1) is 12.7 Å². The molecule has 0 aromatic carbocycles. The Hall–Kier alpha value is -1.07. The summed E-state index contributed by atoms with van der Waals surface area (Å²) < 4.78 is 10.9. The van der Waals surface area contributed by atoms with Crippen LogP contribution in [0.25, 0.3) is 0 Å². The molecule has 1 aromatic rings. The van der Waals surface area contributed by atoms with Crippen LogP contribution in [-0.2, 0) is 11.3 Å². The van der Waals surface area contributed by atoms with Crippen molar-refractivity contribution in [3.63, 3.8) is 0 Å². The van der Waals surface area contributed by atoms with Gasteiger partial charge in [-0.05, 0) is 19.3 Å². The van der Waals surface area contributed by atoms with Crippen LogP contribution in [0.3, 0.4) is 0 Å². The van der Waals surface area contributed by atoms with Crippen LogP contribution in [0.15, 0.2) is 10.7 Å². The number of ether oxygens (including phenoxy) is 1. The third kappa shape index (κ3) is 2.74. The highest BCUT2D eigenvalue weighted by Gasteiger charge is 2.18. The van der Waals surface area contributed by atoms with E-state index in [1.807, 2.05) is 11.9 Å². The maximum Gasteiger partial charge on any atom is 0.297 e. The summed E-state index contributed by atoms with van der Waals surface area (Å²) in [7, 11) is 1.92. The number of hydrogen-bond donors (Lipinski definition) is 1. The number of rotatable bonds is 4. The number of aliphatic hydroxyl groups is 1. The highest BCUT2D eigenvalue weighted by molar-refractivity contribution is 5.25. The summed E-state index contributed by atoms with van der Waals surface area (Å²) in [6.07, 6.45) is 5.23. The highest BCUT2D eigenvalue weighted by Crippen LogP contribution is 2.17. The quantitative estimate of drug-likeness (QED) is 0.835. The van der Waals surface area contributed by atoms with Gasteiger partial charge in [0.15, 0.2) is 0 Å². The number of aliphatic hydroxyl groups excluding tert-OH is 1. The minimum absolute atomic E-state index is 0.0860. The van der Waals surface area contributed by atoms with Gasteiger partial charge in [-0.25, -0.2) is 0 Å². The second-order valence-electron chi connectivity index (χ2n) is 4.15. The summed E-state index contributed by atoms with van der Waals surface area (Å²) in [5.74, 6) is 0. The number of likely N-dealkylation sites (N-methyl/N-ethyl adjacent to an activating group) is 1. The van der Waals surface area contributed by atoms with Gasteiger partial charge in [0, 0.05) is 20.2 Å². The van der Waals surface area contributed by atoms with Crippen LogP contribution in [0.1, 0.15) is 25.0 Å². The molecule has 1 aliphatic rings. The fourth-order valence-electron chi connectivity index (χ4n) is 1.88. The molecule has 5 heteroatoms. The van der Waals surface area contributed by atoms with E-state index in [0.29, 0.717) is 11.7 Å². The fourth-order valence-corrected chi connectivity index (χ4v) is 1.88. The Bertz CT molecular complexity index is 321. The number of anilines is 1. The molecule has 0 aliphatic carbocycles. The standard InChI is InChI=1S/C11H18N2O3/c1-13(6-10-4-2-3-5-15-10)11-12-9(7-14)8-16-11/h8,10,14H,2-7H2,1H3. The first-order valence-corrected chi connectivity index (χ1v) is 5.67. The molecular formula is C11H18N2O3. The van der Waals surface area contributed by atoms with E-state index in [9.17, 15) is 0 Å². The van der Waals surface area contributed by atoms with Gasteiger partial charge >= 0.3 is 0 Å². The molecule has 1 fully saturated rings. The topological polar surface area (TPSA) is 58.7 Å². The minimum atomic E-state index is -0.0860. The number of nitrogens with zero attached hydrogens (tertiary/aromatic N) is 2. The first-order chi connectivity index (χ1) is 7.79. The van der Waals surface area contributed by atoms with Gasteiger partial charge in [0.1, 0.15) is 12.0 Å². The first kappa shape index (κ1) is 11.4. The van der Waals surface area contributed by atoms with Gasteiger partial charge in [-0.15, -0.1) is 0 Å². The van der Waals surface area contributed by atoms with Crippen LogP contribution in [0.4, 0.5) is 6.01 Å². The molecule has 90 valence electrons. The molecule has 0 radical (unpaired) electrons. The van der Waals surface area contributed by atoms with Gasteiger partial charge < -0.3 is 19.2 Å². The Morgan fingerprint density at radius 3 is 3.06 bits per heavy atom. The van der Waals surface area contributed by atoms with Crippen LogP contribution in [0.5, 0.6) is 0 Å². The van der Waals surface area contributed by atoms with Crippen molar-refractivity contribution < 1.29 is 14.3 Å². The zero-order valence-electron chi connectivity index (χ0n) is 9.56. The molecule has 5 nitrogen and oxygen atoms in total. The van der Waals surface area contributed by atoms with Crippen LogP contribution in [0, 0.1) is 0 Å².